The van der Waals surface area contributed by atoms with Crippen LogP contribution < -0.4 is 0 Å². The first-order valence-corrected chi connectivity index (χ1v) is 4.50. The quantitative estimate of drug-likeness (QED) is 0.829. The molecule has 0 radical (unpaired) electrons. The van der Waals surface area contributed by atoms with E-state index in [2.05, 4.69) is 10.1 Å². The monoisotopic (exact) mass is 207 g/mol. The van der Waals surface area contributed by atoms with Gasteiger partial charge in [-0.25, -0.2) is 14.1 Å². The Kier molecular flexibility index (Phi) is 2.73. The fraction of sp³-hybridized carbons (Fsp3) is 0.200. The number of aliphatic hydroxyl groups excluding tert-OH is 1. The van der Waals surface area contributed by atoms with E-state index in [0.29, 0.717) is 5.56 Å². The molecular weight excluding hydrogens is 197 g/mol. The third-order valence-corrected chi connectivity index (χ3v) is 2.09. The van der Waals surface area contributed by atoms with Crippen LogP contribution in [0.4, 0.5) is 4.39 Å². The molecule has 0 saturated heterocycles. The second-order valence-corrected chi connectivity index (χ2v) is 3.10. The van der Waals surface area contributed by atoms with Gasteiger partial charge in [-0.2, -0.15) is 5.10 Å². The molecule has 0 amide bonds. The second kappa shape index (κ2) is 4.18. The largest absolute Gasteiger partial charge is 0.383 e. The molecule has 15 heavy (non-hydrogen) atoms. The highest BCUT2D eigenvalue weighted by molar-refractivity contribution is 5.17. The number of benzene rings is 1. The van der Waals surface area contributed by atoms with Gasteiger partial charge < -0.3 is 5.11 Å². The van der Waals surface area contributed by atoms with E-state index in [4.69, 9.17) is 0 Å². The smallest absolute Gasteiger partial charge is 0.223 e. The second-order valence-electron chi connectivity index (χ2n) is 3.10. The lowest BCUT2D eigenvalue weighted by molar-refractivity contribution is 0.0253. The number of rotatable bonds is 3. The molecule has 4 nitrogen and oxygen atoms in total. The van der Waals surface area contributed by atoms with Crippen molar-refractivity contribution in [1.82, 2.24) is 14.8 Å². The summed E-state index contributed by atoms with van der Waals surface area (Å²) in [5, 5.41) is 13.3. The lowest BCUT2D eigenvalue weighted by Crippen LogP contribution is -2.13. The fourth-order valence-electron chi connectivity index (χ4n) is 1.30. The normalized spacial score (nSPS) is 14.8. The maximum atomic E-state index is 13.7. The summed E-state index contributed by atoms with van der Waals surface area (Å²) in [5.41, 5.74) is 0.514. The molecule has 2 atom stereocenters. The van der Waals surface area contributed by atoms with E-state index in [0.717, 1.165) is 4.68 Å². The standard InChI is InChI=1S/C10H10FN3O/c11-10(14-7-12-6-13-14)9(15)8-4-2-1-3-5-8/h1-7,9-10,15H. The number of hydrogen-bond donors (Lipinski definition) is 1. The van der Waals surface area contributed by atoms with Crippen LogP contribution >= 0.6 is 0 Å². The summed E-state index contributed by atoms with van der Waals surface area (Å²) in [6, 6.07) is 8.61. The Labute approximate surface area is 86.0 Å². The van der Waals surface area contributed by atoms with Crippen molar-refractivity contribution in [1.29, 1.82) is 0 Å². The molecule has 78 valence electrons. The van der Waals surface area contributed by atoms with Gasteiger partial charge >= 0.3 is 0 Å². The van der Waals surface area contributed by atoms with Crippen LogP contribution in [0.15, 0.2) is 43.0 Å². The zero-order valence-corrected chi connectivity index (χ0v) is 7.86. The van der Waals surface area contributed by atoms with Crippen LogP contribution in [0.1, 0.15) is 18.0 Å². The van der Waals surface area contributed by atoms with Gasteiger partial charge in [0, 0.05) is 0 Å². The molecule has 0 aliphatic heterocycles. The average Bonchev–Trinajstić information content (AvgIpc) is 2.82. The molecule has 1 heterocycles. The maximum absolute atomic E-state index is 13.7. The summed E-state index contributed by atoms with van der Waals surface area (Å²) in [6.45, 7) is 0. The molecule has 2 rings (SSSR count). The van der Waals surface area contributed by atoms with Crippen molar-refractivity contribution in [3.63, 3.8) is 0 Å². The van der Waals surface area contributed by atoms with Crippen LogP contribution in [0.3, 0.4) is 0 Å². The summed E-state index contributed by atoms with van der Waals surface area (Å²) < 4.78 is 14.6. The van der Waals surface area contributed by atoms with Crippen LogP contribution in [-0.2, 0) is 0 Å². The summed E-state index contributed by atoms with van der Waals surface area (Å²) >= 11 is 0. The topological polar surface area (TPSA) is 50.9 Å². The Balaban J connectivity index is 2.18. The molecule has 2 aromatic rings. The third kappa shape index (κ3) is 2.02. The summed E-state index contributed by atoms with van der Waals surface area (Å²) in [7, 11) is 0. The number of halogens is 1. The molecule has 0 spiro atoms. The van der Waals surface area contributed by atoms with Crippen LogP contribution in [0.2, 0.25) is 0 Å². The van der Waals surface area contributed by atoms with Gasteiger partial charge in [-0.05, 0) is 5.56 Å². The number of hydrogen-bond acceptors (Lipinski definition) is 3. The summed E-state index contributed by atoms with van der Waals surface area (Å²) in [4.78, 5) is 3.62. The van der Waals surface area contributed by atoms with E-state index in [9.17, 15) is 9.50 Å². The van der Waals surface area contributed by atoms with Gasteiger partial charge in [0.25, 0.3) is 0 Å². The van der Waals surface area contributed by atoms with E-state index in [1.807, 2.05) is 0 Å². The lowest BCUT2D eigenvalue weighted by atomic mass is 10.1. The number of nitrogens with zero attached hydrogens (tertiary/aromatic N) is 3. The zero-order chi connectivity index (χ0) is 10.7. The van der Waals surface area contributed by atoms with E-state index in [-0.39, 0.29) is 0 Å². The molecule has 2 unspecified atom stereocenters. The molecule has 5 heteroatoms. The minimum atomic E-state index is -1.62. The van der Waals surface area contributed by atoms with E-state index < -0.39 is 12.4 Å². The average molecular weight is 207 g/mol. The van der Waals surface area contributed by atoms with Crippen molar-refractivity contribution < 1.29 is 9.50 Å². The van der Waals surface area contributed by atoms with Gasteiger partial charge in [-0.3, -0.25) is 0 Å². The molecule has 0 aliphatic carbocycles. The minimum Gasteiger partial charge on any atom is -0.383 e. The van der Waals surface area contributed by atoms with E-state index >= 15 is 0 Å². The zero-order valence-electron chi connectivity index (χ0n) is 7.86. The van der Waals surface area contributed by atoms with Crippen molar-refractivity contribution in [2.75, 3.05) is 0 Å². The molecule has 1 aromatic carbocycles. The van der Waals surface area contributed by atoms with Crippen molar-refractivity contribution in [3.8, 4) is 0 Å². The number of aliphatic hydroxyl groups is 1. The Morgan fingerprint density at radius 2 is 2.00 bits per heavy atom. The van der Waals surface area contributed by atoms with Gasteiger partial charge in [-0.1, -0.05) is 30.3 Å². The lowest BCUT2D eigenvalue weighted by Gasteiger charge is -2.15. The van der Waals surface area contributed by atoms with Gasteiger partial charge in [0.05, 0.1) is 0 Å². The molecule has 0 bridgehead atoms. The number of alkyl halides is 1. The van der Waals surface area contributed by atoms with Gasteiger partial charge in [0.1, 0.15) is 18.8 Å². The van der Waals surface area contributed by atoms with Crippen LogP contribution in [0, 0.1) is 0 Å². The minimum absolute atomic E-state index is 0.514. The van der Waals surface area contributed by atoms with Gasteiger partial charge in [-0.15, -0.1) is 0 Å². The maximum Gasteiger partial charge on any atom is 0.223 e. The third-order valence-electron chi connectivity index (χ3n) is 2.09. The fourth-order valence-corrected chi connectivity index (χ4v) is 1.30. The van der Waals surface area contributed by atoms with E-state index in [1.165, 1.54) is 12.7 Å². The molecule has 1 N–H and O–H groups in total. The number of aromatic nitrogens is 3. The highest BCUT2D eigenvalue weighted by Crippen LogP contribution is 2.25. The molecule has 0 saturated carbocycles. The van der Waals surface area contributed by atoms with Crippen molar-refractivity contribution in [3.05, 3.63) is 48.5 Å². The van der Waals surface area contributed by atoms with E-state index in [1.54, 1.807) is 30.3 Å². The van der Waals surface area contributed by atoms with Crippen LogP contribution in [0.5, 0.6) is 0 Å². The Hall–Kier alpha value is -1.75. The Morgan fingerprint density at radius 1 is 1.27 bits per heavy atom. The van der Waals surface area contributed by atoms with Crippen LogP contribution in [0.25, 0.3) is 0 Å². The summed E-state index contributed by atoms with van der Waals surface area (Å²) in [5.74, 6) is 0. The SMILES string of the molecule is OC(c1ccccc1)C(F)n1cncn1. The first kappa shape index (κ1) is 9.79. The van der Waals surface area contributed by atoms with Crippen LogP contribution in [-0.4, -0.2) is 19.9 Å². The van der Waals surface area contributed by atoms with Crippen molar-refractivity contribution in [2.24, 2.45) is 0 Å². The molecular formula is C10H10FN3O. The Bertz CT molecular complexity index is 404. The summed E-state index contributed by atoms with van der Waals surface area (Å²) in [6.07, 6.45) is -0.385. The predicted molar refractivity (Wildman–Crippen MR) is 51.6 cm³/mol. The highest BCUT2D eigenvalue weighted by Gasteiger charge is 2.21. The van der Waals surface area contributed by atoms with Crippen molar-refractivity contribution in [2.45, 2.75) is 12.4 Å². The van der Waals surface area contributed by atoms with Gasteiger partial charge in [0.15, 0.2) is 0 Å². The van der Waals surface area contributed by atoms with Gasteiger partial charge in [0.2, 0.25) is 6.30 Å². The predicted octanol–water partition coefficient (Wildman–Crippen LogP) is 1.48. The Morgan fingerprint density at radius 3 is 2.60 bits per heavy atom. The first-order valence-electron chi connectivity index (χ1n) is 4.50. The molecule has 0 aliphatic rings. The first-order chi connectivity index (χ1) is 7.29. The molecule has 0 fully saturated rings. The molecule has 1 aromatic heterocycles. The highest BCUT2D eigenvalue weighted by atomic mass is 19.1. The van der Waals surface area contributed by atoms with Crippen molar-refractivity contribution >= 4 is 0 Å².